The van der Waals surface area contributed by atoms with Crippen molar-refractivity contribution in [3.05, 3.63) is 34.9 Å². The van der Waals surface area contributed by atoms with Crippen molar-refractivity contribution in [1.82, 2.24) is 0 Å². The molecule has 0 spiro atoms. The van der Waals surface area contributed by atoms with E-state index < -0.39 is 0 Å². The minimum Gasteiger partial charge on any atom is -0.393 e. The molecule has 1 nitrogen and oxygen atoms in total. The SMILES string of the molecule is CC(O)CCSCc1ccccc1Cl. The average Bonchev–Trinajstić information content (AvgIpc) is 2.15. The Morgan fingerprint density at radius 1 is 1.43 bits per heavy atom. The minimum absolute atomic E-state index is 0.200. The van der Waals surface area contributed by atoms with Gasteiger partial charge in [-0.15, -0.1) is 0 Å². The van der Waals surface area contributed by atoms with E-state index in [1.807, 2.05) is 31.2 Å². The Morgan fingerprint density at radius 3 is 2.79 bits per heavy atom. The van der Waals surface area contributed by atoms with Crippen molar-refractivity contribution in [3.8, 4) is 0 Å². The average molecular weight is 231 g/mol. The molecule has 0 heterocycles. The van der Waals surface area contributed by atoms with Crippen LogP contribution in [0.3, 0.4) is 0 Å². The lowest BCUT2D eigenvalue weighted by Crippen LogP contribution is -2.00. The Morgan fingerprint density at radius 2 is 2.14 bits per heavy atom. The summed E-state index contributed by atoms with van der Waals surface area (Å²) in [6, 6.07) is 7.88. The van der Waals surface area contributed by atoms with Gasteiger partial charge in [0.1, 0.15) is 0 Å². The molecule has 1 N–H and O–H groups in total. The number of thioether (sulfide) groups is 1. The Kier molecular flexibility index (Phi) is 5.38. The van der Waals surface area contributed by atoms with Gasteiger partial charge >= 0.3 is 0 Å². The Balaban J connectivity index is 2.28. The van der Waals surface area contributed by atoms with Crippen LogP contribution in [0.1, 0.15) is 18.9 Å². The van der Waals surface area contributed by atoms with Crippen LogP contribution in [0.15, 0.2) is 24.3 Å². The lowest BCUT2D eigenvalue weighted by molar-refractivity contribution is 0.192. The number of rotatable bonds is 5. The van der Waals surface area contributed by atoms with E-state index in [2.05, 4.69) is 0 Å². The number of halogens is 1. The molecule has 1 atom stereocenters. The van der Waals surface area contributed by atoms with E-state index >= 15 is 0 Å². The zero-order valence-electron chi connectivity index (χ0n) is 8.24. The fourth-order valence-corrected chi connectivity index (χ4v) is 2.46. The van der Waals surface area contributed by atoms with Crippen LogP contribution in [0, 0.1) is 0 Å². The quantitative estimate of drug-likeness (QED) is 0.783. The molecule has 0 saturated carbocycles. The Labute approximate surface area is 94.5 Å². The molecule has 1 aromatic rings. The van der Waals surface area contributed by atoms with Crippen molar-refractivity contribution < 1.29 is 5.11 Å². The maximum Gasteiger partial charge on any atom is 0.0520 e. The summed E-state index contributed by atoms with van der Waals surface area (Å²) in [6.07, 6.45) is 0.642. The number of hydrogen-bond acceptors (Lipinski definition) is 2. The first-order valence-electron chi connectivity index (χ1n) is 4.69. The Bertz CT molecular complexity index is 276. The van der Waals surface area contributed by atoms with Gasteiger partial charge in [-0.05, 0) is 30.7 Å². The van der Waals surface area contributed by atoms with E-state index in [1.165, 1.54) is 5.56 Å². The predicted molar refractivity (Wildman–Crippen MR) is 63.9 cm³/mol. The van der Waals surface area contributed by atoms with Crippen molar-refractivity contribution in [2.45, 2.75) is 25.2 Å². The molecule has 1 rings (SSSR count). The molecule has 0 radical (unpaired) electrons. The van der Waals surface area contributed by atoms with E-state index in [-0.39, 0.29) is 6.10 Å². The number of benzene rings is 1. The molecule has 0 amide bonds. The van der Waals surface area contributed by atoms with Crippen molar-refractivity contribution in [1.29, 1.82) is 0 Å². The van der Waals surface area contributed by atoms with Crippen molar-refractivity contribution in [2.24, 2.45) is 0 Å². The van der Waals surface area contributed by atoms with Gasteiger partial charge in [0.2, 0.25) is 0 Å². The zero-order valence-corrected chi connectivity index (χ0v) is 9.81. The normalized spacial score (nSPS) is 12.8. The number of aliphatic hydroxyl groups is 1. The minimum atomic E-state index is -0.200. The summed E-state index contributed by atoms with van der Waals surface area (Å²) in [5, 5.41) is 9.90. The summed E-state index contributed by atoms with van der Waals surface area (Å²) in [6.45, 7) is 1.82. The highest BCUT2D eigenvalue weighted by molar-refractivity contribution is 7.98. The van der Waals surface area contributed by atoms with E-state index in [0.29, 0.717) is 0 Å². The molecular formula is C11H15ClOS. The third-order valence-corrected chi connectivity index (χ3v) is 3.30. The van der Waals surface area contributed by atoms with E-state index in [4.69, 9.17) is 16.7 Å². The van der Waals surface area contributed by atoms with Gasteiger partial charge in [0.25, 0.3) is 0 Å². The van der Waals surface area contributed by atoms with Crippen LogP contribution in [0.25, 0.3) is 0 Å². The predicted octanol–water partition coefficient (Wildman–Crippen LogP) is 3.34. The molecule has 0 bridgehead atoms. The summed E-state index contributed by atoms with van der Waals surface area (Å²) in [5.74, 6) is 1.90. The molecule has 0 saturated heterocycles. The summed E-state index contributed by atoms with van der Waals surface area (Å²) >= 11 is 7.81. The van der Waals surface area contributed by atoms with Gasteiger partial charge in [-0.3, -0.25) is 0 Å². The third kappa shape index (κ3) is 4.36. The highest BCUT2D eigenvalue weighted by Gasteiger charge is 2.00. The summed E-state index contributed by atoms with van der Waals surface area (Å²) in [5.41, 5.74) is 1.17. The van der Waals surface area contributed by atoms with Gasteiger partial charge in [-0.2, -0.15) is 11.8 Å². The van der Waals surface area contributed by atoms with Crippen molar-refractivity contribution in [3.63, 3.8) is 0 Å². The molecule has 0 fully saturated rings. The number of aliphatic hydroxyl groups excluding tert-OH is 1. The first-order chi connectivity index (χ1) is 6.70. The van der Waals surface area contributed by atoms with E-state index in [9.17, 15) is 0 Å². The molecule has 0 aliphatic carbocycles. The van der Waals surface area contributed by atoms with Gasteiger partial charge in [-0.1, -0.05) is 29.8 Å². The van der Waals surface area contributed by atoms with Crippen LogP contribution < -0.4 is 0 Å². The standard InChI is InChI=1S/C11H15ClOS/c1-9(13)6-7-14-8-10-4-2-3-5-11(10)12/h2-5,9,13H,6-8H2,1H3. The van der Waals surface area contributed by atoms with Crippen LogP contribution in [0.4, 0.5) is 0 Å². The molecule has 78 valence electrons. The summed E-state index contributed by atoms with van der Waals surface area (Å²) < 4.78 is 0. The van der Waals surface area contributed by atoms with E-state index in [0.717, 1.165) is 22.9 Å². The van der Waals surface area contributed by atoms with Crippen LogP contribution in [-0.2, 0) is 5.75 Å². The smallest absolute Gasteiger partial charge is 0.0520 e. The Hall–Kier alpha value is -0.180. The van der Waals surface area contributed by atoms with Gasteiger partial charge in [0.15, 0.2) is 0 Å². The molecule has 3 heteroatoms. The largest absolute Gasteiger partial charge is 0.393 e. The lowest BCUT2D eigenvalue weighted by atomic mass is 10.2. The molecule has 0 aliphatic rings. The third-order valence-electron chi connectivity index (χ3n) is 1.90. The summed E-state index contributed by atoms with van der Waals surface area (Å²) in [4.78, 5) is 0. The van der Waals surface area contributed by atoms with Crippen molar-refractivity contribution >= 4 is 23.4 Å². The summed E-state index contributed by atoms with van der Waals surface area (Å²) in [7, 11) is 0. The van der Waals surface area contributed by atoms with E-state index in [1.54, 1.807) is 11.8 Å². The lowest BCUT2D eigenvalue weighted by Gasteiger charge is -2.05. The second kappa shape index (κ2) is 6.33. The second-order valence-corrected chi connectivity index (χ2v) is 4.79. The molecule has 1 aromatic carbocycles. The van der Waals surface area contributed by atoms with Crippen LogP contribution in [0.2, 0.25) is 5.02 Å². The first kappa shape index (κ1) is 11.9. The van der Waals surface area contributed by atoms with Crippen molar-refractivity contribution in [2.75, 3.05) is 5.75 Å². The topological polar surface area (TPSA) is 20.2 Å². The maximum absolute atomic E-state index is 9.06. The maximum atomic E-state index is 9.06. The molecule has 1 unspecified atom stereocenters. The highest BCUT2D eigenvalue weighted by Crippen LogP contribution is 2.21. The van der Waals surface area contributed by atoms with Crippen LogP contribution in [0.5, 0.6) is 0 Å². The van der Waals surface area contributed by atoms with Gasteiger partial charge in [0.05, 0.1) is 6.10 Å². The fourth-order valence-electron chi connectivity index (χ4n) is 1.05. The number of hydrogen-bond donors (Lipinski definition) is 1. The second-order valence-electron chi connectivity index (χ2n) is 3.28. The van der Waals surface area contributed by atoms with Gasteiger partial charge < -0.3 is 5.11 Å². The fraction of sp³-hybridized carbons (Fsp3) is 0.455. The molecule has 0 aliphatic heterocycles. The van der Waals surface area contributed by atoms with Gasteiger partial charge in [-0.25, -0.2) is 0 Å². The van der Waals surface area contributed by atoms with Crippen LogP contribution >= 0.6 is 23.4 Å². The molecule has 14 heavy (non-hydrogen) atoms. The highest BCUT2D eigenvalue weighted by atomic mass is 35.5. The van der Waals surface area contributed by atoms with Crippen LogP contribution in [-0.4, -0.2) is 17.0 Å². The molecule has 0 aromatic heterocycles. The van der Waals surface area contributed by atoms with Gasteiger partial charge in [0, 0.05) is 10.8 Å². The first-order valence-corrected chi connectivity index (χ1v) is 6.22. The monoisotopic (exact) mass is 230 g/mol. The zero-order chi connectivity index (χ0) is 10.4. The molecular weight excluding hydrogens is 216 g/mol.